The highest BCUT2D eigenvalue weighted by molar-refractivity contribution is 6.09. The van der Waals surface area contributed by atoms with E-state index >= 15 is 0 Å². The Hall–Kier alpha value is -3.08. The van der Waals surface area contributed by atoms with E-state index in [-0.39, 0.29) is 23.7 Å². The largest absolute Gasteiger partial charge is 0.507 e. The van der Waals surface area contributed by atoms with Crippen molar-refractivity contribution in [2.24, 2.45) is 0 Å². The van der Waals surface area contributed by atoms with Crippen LogP contribution < -0.4 is 4.90 Å². The number of para-hydroxylation sites is 1. The lowest BCUT2D eigenvalue weighted by Gasteiger charge is -2.23. The molecule has 0 aliphatic carbocycles. The predicted octanol–water partition coefficient (Wildman–Crippen LogP) is 4.02. The number of ether oxygens (including phenoxy) is 1. The summed E-state index contributed by atoms with van der Waals surface area (Å²) < 4.78 is 4.74. The molecule has 0 atom stereocenters. The normalized spacial score (nSPS) is 14.0. The molecule has 0 spiro atoms. The van der Waals surface area contributed by atoms with Gasteiger partial charge in [0, 0.05) is 5.56 Å². The van der Waals surface area contributed by atoms with Gasteiger partial charge in [-0.15, -0.1) is 0 Å². The number of benzene rings is 2. The van der Waals surface area contributed by atoms with E-state index in [4.69, 9.17) is 4.74 Å². The SMILES string of the molecule is CCCc1ccc(CN2C(=O)CC(C(=O)OC)=C(O)c3ccccc32)cc1. The summed E-state index contributed by atoms with van der Waals surface area (Å²) in [5, 5.41) is 10.6. The van der Waals surface area contributed by atoms with E-state index < -0.39 is 5.97 Å². The zero-order valence-electron chi connectivity index (χ0n) is 15.6. The second-order valence-electron chi connectivity index (χ2n) is 6.56. The quantitative estimate of drug-likeness (QED) is 0.813. The van der Waals surface area contributed by atoms with Crippen LogP contribution in [0.3, 0.4) is 0 Å². The number of hydrogen-bond donors (Lipinski definition) is 1. The molecule has 0 fully saturated rings. The van der Waals surface area contributed by atoms with Crippen LogP contribution >= 0.6 is 0 Å². The summed E-state index contributed by atoms with van der Waals surface area (Å²) in [6, 6.07) is 15.2. The number of aliphatic hydroxyl groups is 1. The number of nitrogens with zero attached hydrogens (tertiary/aromatic N) is 1. The number of fused-ring (bicyclic) bond motifs is 1. The molecule has 1 aliphatic rings. The molecular formula is C22H23NO4. The molecule has 1 N–H and O–H groups in total. The molecule has 1 heterocycles. The summed E-state index contributed by atoms with van der Waals surface area (Å²) in [7, 11) is 1.24. The number of aliphatic hydroxyl groups excluding tert-OH is 1. The first-order valence-electron chi connectivity index (χ1n) is 9.03. The van der Waals surface area contributed by atoms with Gasteiger partial charge in [0.15, 0.2) is 0 Å². The molecule has 0 unspecified atom stereocenters. The second-order valence-corrected chi connectivity index (χ2v) is 6.56. The Balaban J connectivity index is 1.97. The summed E-state index contributed by atoms with van der Waals surface area (Å²) in [5.41, 5.74) is 3.26. The van der Waals surface area contributed by atoms with Crippen LogP contribution in [0.5, 0.6) is 0 Å². The Bertz CT molecular complexity index is 883. The average molecular weight is 365 g/mol. The summed E-state index contributed by atoms with van der Waals surface area (Å²) >= 11 is 0. The van der Waals surface area contributed by atoms with Crippen molar-refractivity contribution in [3.63, 3.8) is 0 Å². The van der Waals surface area contributed by atoms with Crippen molar-refractivity contribution < 1.29 is 19.4 Å². The minimum atomic E-state index is -0.693. The monoisotopic (exact) mass is 365 g/mol. The number of aryl methyl sites for hydroxylation is 1. The van der Waals surface area contributed by atoms with E-state index in [1.54, 1.807) is 29.2 Å². The molecule has 3 rings (SSSR count). The van der Waals surface area contributed by atoms with Crippen molar-refractivity contribution in [2.75, 3.05) is 12.0 Å². The maximum absolute atomic E-state index is 12.9. The molecule has 2 aromatic rings. The maximum Gasteiger partial charge on any atom is 0.338 e. The van der Waals surface area contributed by atoms with Crippen LogP contribution in [0.1, 0.15) is 36.5 Å². The molecule has 27 heavy (non-hydrogen) atoms. The van der Waals surface area contributed by atoms with Crippen molar-refractivity contribution in [3.8, 4) is 0 Å². The van der Waals surface area contributed by atoms with E-state index in [1.807, 2.05) is 12.1 Å². The Kier molecular flexibility index (Phi) is 5.60. The first-order valence-corrected chi connectivity index (χ1v) is 9.03. The van der Waals surface area contributed by atoms with Gasteiger partial charge in [0.25, 0.3) is 0 Å². The average Bonchev–Trinajstić information content (AvgIpc) is 2.79. The van der Waals surface area contributed by atoms with Gasteiger partial charge in [-0.1, -0.05) is 49.7 Å². The van der Waals surface area contributed by atoms with Crippen molar-refractivity contribution in [3.05, 3.63) is 70.8 Å². The maximum atomic E-state index is 12.9. The van der Waals surface area contributed by atoms with Gasteiger partial charge < -0.3 is 14.7 Å². The fraction of sp³-hybridized carbons (Fsp3) is 0.273. The summed E-state index contributed by atoms with van der Waals surface area (Å²) in [6.07, 6.45) is 1.89. The topological polar surface area (TPSA) is 66.8 Å². The van der Waals surface area contributed by atoms with Crippen LogP contribution in [0, 0.1) is 0 Å². The highest BCUT2D eigenvalue weighted by Gasteiger charge is 2.31. The van der Waals surface area contributed by atoms with Crippen molar-refractivity contribution >= 4 is 23.3 Å². The second kappa shape index (κ2) is 8.08. The van der Waals surface area contributed by atoms with Gasteiger partial charge in [-0.25, -0.2) is 4.79 Å². The lowest BCUT2D eigenvalue weighted by atomic mass is 10.1. The fourth-order valence-corrected chi connectivity index (χ4v) is 3.28. The number of rotatable bonds is 5. The number of amides is 1. The van der Waals surface area contributed by atoms with Crippen LogP contribution in [0.4, 0.5) is 5.69 Å². The molecule has 1 aliphatic heterocycles. The third-order valence-corrected chi connectivity index (χ3v) is 4.70. The Morgan fingerprint density at radius 3 is 2.44 bits per heavy atom. The van der Waals surface area contributed by atoms with Crippen molar-refractivity contribution in [1.82, 2.24) is 0 Å². The Morgan fingerprint density at radius 2 is 1.78 bits per heavy atom. The number of hydrogen-bond acceptors (Lipinski definition) is 4. The Morgan fingerprint density at radius 1 is 1.11 bits per heavy atom. The van der Waals surface area contributed by atoms with Gasteiger partial charge in [0.1, 0.15) is 5.76 Å². The van der Waals surface area contributed by atoms with Crippen LogP contribution in [0.25, 0.3) is 5.76 Å². The molecular weight excluding hydrogens is 342 g/mol. The summed E-state index contributed by atoms with van der Waals surface area (Å²) in [6.45, 7) is 2.50. The van der Waals surface area contributed by atoms with Gasteiger partial charge in [-0.05, 0) is 29.7 Å². The van der Waals surface area contributed by atoms with Gasteiger partial charge >= 0.3 is 5.97 Å². The van der Waals surface area contributed by atoms with E-state index in [2.05, 4.69) is 19.1 Å². The fourth-order valence-electron chi connectivity index (χ4n) is 3.28. The third kappa shape index (κ3) is 3.87. The highest BCUT2D eigenvalue weighted by Crippen LogP contribution is 2.34. The number of carbonyl (C=O) groups excluding carboxylic acids is 2. The number of carbonyl (C=O) groups is 2. The Labute approximate surface area is 158 Å². The zero-order chi connectivity index (χ0) is 19.4. The molecule has 5 heteroatoms. The minimum Gasteiger partial charge on any atom is -0.507 e. The van der Waals surface area contributed by atoms with Crippen LogP contribution in [0.15, 0.2) is 54.1 Å². The van der Waals surface area contributed by atoms with E-state index in [0.717, 1.165) is 18.4 Å². The molecule has 0 bridgehead atoms. The summed E-state index contributed by atoms with van der Waals surface area (Å²) in [5.74, 6) is -1.16. The smallest absolute Gasteiger partial charge is 0.338 e. The van der Waals surface area contributed by atoms with Gasteiger partial charge in [0.05, 0.1) is 31.3 Å². The van der Waals surface area contributed by atoms with Gasteiger partial charge in [-0.2, -0.15) is 0 Å². The number of anilines is 1. The van der Waals surface area contributed by atoms with E-state index in [1.165, 1.54) is 12.7 Å². The minimum absolute atomic E-state index is 0.0178. The van der Waals surface area contributed by atoms with Gasteiger partial charge in [-0.3, -0.25) is 4.79 Å². The number of methoxy groups -OCH3 is 1. The highest BCUT2D eigenvalue weighted by atomic mass is 16.5. The van der Waals surface area contributed by atoms with E-state index in [0.29, 0.717) is 17.8 Å². The molecule has 140 valence electrons. The van der Waals surface area contributed by atoms with Crippen molar-refractivity contribution in [1.29, 1.82) is 0 Å². The molecule has 0 saturated carbocycles. The predicted molar refractivity (Wildman–Crippen MR) is 104 cm³/mol. The number of esters is 1. The van der Waals surface area contributed by atoms with Crippen LogP contribution in [-0.2, 0) is 27.3 Å². The molecule has 0 saturated heterocycles. The van der Waals surface area contributed by atoms with Crippen LogP contribution in [-0.4, -0.2) is 24.1 Å². The molecule has 1 amide bonds. The van der Waals surface area contributed by atoms with Crippen molar-refractivity contribution in [2.45, 2.75) is 32.7 Å². The van der Waals surface area contributed by atoms with Gasteiger partial charge in [0.2, 0.25) is 5.91 Å². The molecule has 2 aromatic carbocycles. The molecule has 5 nitrogen and oxygen atoms in total. The first-order chi connectivity index (χ1) is 13.0. The molecule has 0 radical (unpaired) electrons. The lowest BCUT2D eigenvalue weighted by molar-refractivity contribution is -0.137. The first kappa shape index (κ1) is 18.7. The van der Waals surface area contributed by atoms with Crippen LogP contribution in [0.2, 0.25) is 0 Å². The summed E-state index contributed by atoms with van der Waals surface area (Å²) in [4.78, 5) is 26.5. The zero-order valence-corrected chi connectivity index (χ0v) is 15.6. The van der Waals surface area contributed by atoms with E-state index in [9.17, 15) is 14.7 Å². The third-order valence-electron chi connectivity index (χ3n) is 4.70. The lowest BCUT2D eigenvalue weighted by Crippen LogP contribution is -2.30. The standard InChI is InChI=1S/C22H23NO4/c1-3-6-15-9-11-16(12-10-15)14-23-19-8-5-4-7-17(19)21(25)18(13-20(23)24)22(26)27-2/h4-5,7-12,25H,3,6,13-14H2,1-2H3. The molecule has 0 aromatic heterocycles.